The maximum absolute atomic E-state index is 10.3. The van der Waals surface area contributed by atoms with Crippen LogP contribution in [-0.4, -0.2) is 10.2 Å². The summed E-state index contributed by atoms with van der Waals surface area (Å²) in [6.45, 7) is 16.2. The van der Waals surface area contributed by atoms with Crippen molar-refractivity contribution < 1.29 is 10.2 Å². The molecule has 174 valence electrons. The molecule has 0 heterocycles. The lowest BCUT2D eigenvalue weighted by atomic mass is 9.68. The Labute approximate surface area is 187 Å². The summed E-state index contributed by atoms with van der Waals surface area (Å²) in [5.41, 5.74) is 1.27. The maximum atomic E-state index is 10.3. The fourth-order valence-electron chi connectivity index (χ4n) is 5.56. The molecule has 0 bridgehead atoms. The molecule has 0 unspecified atom stereocenters. The van der Waals surface area contributed by atoms with Gasteiger partial charge < -0.3 is 10.2 Å². The highest BCUT2D eigenvalue weighted by Crippen LogP contribution is 2.43. The van der Waals surface area contributed by atoms with Crippen LogP contribution < -0.4 is 0 Å². The molecule has 0 atom stereocenters. The largest absolute Gasteiger partial charge is 0.504 e. The summed E-state index contributed by atoms with van der Waals surface area (Å²) in [7, 11) is 0. The minimum absolute atomic E-state index is 0.0454. The van der Waals surface area contributed by atoms with E-state index in [1.807, 2.05) is 20.8 Å². The van der Waals surface area contributed by atoms with Gasteiger partial charge in [0.2, 0.25) is 0 Å². The third kappa shape index (κ3) is 8.52. The number of aliphatic hydroxyl groups excluding tert-OH is 2. The van der Waals surface area contributed by atoms with Crippen LogP contribution in [-0.2, 0) is 0 Å². The van der Waals surface area contributed by atoms with Gasteiger partial charge in [0.1, 0.15) is 0 Å². The summed E-state index contributed by atoms with van der Waals surface area (Å²) in [5.74, 6) is 3.59. The molecule has 0 aromatic carbocycles. The molecule has 2 fully saturated rings. The predicted molar refractivity (Wildman–Crippen MR) is 132 cm³/mol. The second kappa shape index (κ2) is 14.8. The van der Waals surface area contributed by atoms with Crippen molar-refractivity contribution in [2.75, 3.05) is 0 Å². The van der Waals surface area contributed by atoms with Gasteiger partial charge in [-0.25, -0.2) is 0 Å². The van der Waals surface area contributed by atoms with E-state index in [2.05, 4.69) is 20.1 Å². The molecule has 2 aliphatic carbocycles. The Kier molecular flexibility index (Phi) is 13.2. The molecule has 2 rings (SSSR count). The van der Waals surface area contributed by atoms with Gasteiger partial charge in [0.05, 0.1) is 0 Å². The molecule has 2 N–H and O–H groups in total. The molecule has 0 radical (unpaired) electrons. The van der Waals surface area contributed by atoms with Crippen LogP contribution in [0.5, 0.6) is 0 Å². The minimum atomic E-state index is -0.0609. The van der Waals surface area contributed by atoms with Crippen molar-refractivity contribution in [2.45, 2.75) is 118 Å². The molecule has 2 nitrogen and oxygen atoms in total. The predicted octanol–water partition coefficient (Wildman–Crippen LogP) is 9.45. The van der Waals surface area contributed by atoms with Gasteiger partial charge in [0.15, 0.2) is 11.5 Å². The Morgan fingerprint density at radius 3 is 1.43 bits per heavy atom. The van der Waals surface area contributed by atoms with Gasteiger partial charge in [-0.05, 0) is 79.8 Å². The second-order valence-corrected chi connectivity index (χ2v) is 9.54. The zero-order chi connectivity index (χ0) is 22.5. The van der Waals surface area contributed by atoms with Gasteiger partial charge in [-0.15, -0.1) is 0 Å². The molecule has 0 spiro atoms. The van der Waals surface area contributed by atoms with Crippen LogP contribution in [0.15, 0.2) is 35.8 Å². The Morgan fingerprint density at radius 2 is 1.03 bits per heavy atom. The maximum Gasteiger partial charge on any atom is 0.160 e. The first-order chi connectivity index (χ1) is 14.5. The van der Waals surface area contributed by atoms with Crippen molar-refractivity contribution in [3.8, 4) is 0 Å². The number of hydrogen-bond donors (Lipinski definition) is 2. The fourth-order valence-corrected chi connectivity index (χ4v) is 5.56. The lowest BCUT2D eigenvalue weighted by Crippen LogP contribution is -2.25. The number of hydrogen-bond acceptors (Lipinski definition) is 2. The summed E-state index contributed by atoms with van der Waals surface area (Å²) >= 11 is 0. The van der Waals surface area contributed by atoms with E-state index >= 15 is 0 Å². The molecule has 0 saturated heterocycles. The monoisotopic (exact) mass is 418 g/mol. The highest BCUT2D eigenvalue weighted by molar-refractivity contribution is 5.34. The Hall–Kier alpha value is -1.18. The Morgan fingerprint density at radius 1 is 0.633 bits per heavy atom. The topological polar surface area (TPSA) is 40.5 Å². The summed E-state index contributed by atoms with van der Waals surface area (Å²) in [6, 6.07) is 0. The summed E-state index contributed by atoms with van der Waals surface area (Å²) in [4.78, 5) is 0. The molecule has 2 heteroatoms. The van der Waals surface area contributed by atoms with Crippen molar-refractivity contribution in [3.05, 3.63) is 35.8 Å². The van der Waals surface area contributed by atoms with Crippen molar-refractivity contribution in [2.24, 2.45) is 23.7 Å². The van der Waals surface area contributed by atoms with Gasteiger partial charge in [-0.3, -0.25) is 0 Å². The molecule has 0 amide bonds. The van der Waals surface area contributed by atoms with Crippen LogP contribution in [0.2, 0.25) is 0 Å². The van der Waals surface area contributed by atoms with Gasteiger partial charge in [0.25, 0.3) is 0 Å². The van der Waals surface area contributed by atoms with E-state index in [1.54, 1.807) is 0 Å². The third-order valence-electron chi connectivity index (χ3n) is 7.45. The molecule has 0 aromatic heterocycles. The van der Waals surface area contributed by atoms with Gasteiger partial charge in [-0.1, -0.05) is 85.8 Å². The number of rotatable bonds is 10. The van der Waals surface area contributed by atoms with E-state index in [0.29, 0.717) is 17.6 Å². The third-order valence-corrected chi connectivity index (χ3v) is 7.45. The molecule has 0 aliphatic heterocycles. The first-order valence-electron chi connectivity index (χ1n) is 12.9. The number of aliphatic hydroxyl groups is 2. The molecule has 2 saturated carbocycles. The van der Waals surface area contributed by atoms with Crippen molar-refractivity contribution in [1.82, 2.24) is 0 Å². The smallest absolute Gasteiger partial charge is 0.160 e. The quantitative estimate of drug-likeness (QED) is 0.274. The first-order valence-corrected chi connectivity index (χ1v) is 12.9. The average molecular weight is 419 g/mol. The van der Waals surface area contributed by atoms with Crippen LogP contribution in [0.25, 0.3) is 0 Å². The van der Waals surface area contributed by atoms with E-state index in [1.165, 1.54) is 64.2 Å². The molecule has 30 heavy (non-hydrogen) atoms. The zero-order valence-electron chi connectivity index (χ0n) is 20.5. The fraction of sp³-hybridized carbons (Fsp3) is 0.786. The van der Waals surface area contributed by atoms with Crippen LogP contribution >= 0.6 is 0 Å². The summed E-state index contributed by atoms with van der Waals surface area (Å²) in [6.07, 6.45) is 17.5. The van der Waals surface area contributed by atoms with Crippen LogP contribution in [0.3, 0.4) is 0 Å². The van der Waals surface area contributed by atoms with Gasteiger partial charge in [-0.2, -0.15) is 0 Å². The van der Waals surface area contributed by atoms with E-state index in [0.717, 1.165) is 42.9 Å². The second-order valence-electron chi connectivity index (χ2n) is 9.54. The summed E-state index contributed by atoms with van der Waals surface area (Å²) < 4.78 is 0. The average Bonchev–Trinajstić information content (AvgIpc) is 2.79. The standard InChI is InChI=1S/C26H44O2.C2H6/c1-5-7-19(3)25(27)26(28)20(4)9-10-22-13-17-24(18-14-22)23-15-11-21(8-6-2)12-16-23;1-2/h21-24,27-28H,3-18H2,1-2H3;1-2H3/b26-25-;. The van der Waals surface area contributed by atoms with Crippen molar-refractivity contribution in [1.29, 1.82) is 0 Å². The van der Waals surface area contributed by atoms with E-state index in [9.17, 15) is 10.2 Å². The molecule has 2 aliphatic rings. The molecular weight excluding hydrogens is 368 g/mol. The van der Waals surface area contributed by atoms with Crippen LogP contribution in [0.1, 0.15) is 118 Å². The van der Waals surface area contributed by atoms with Gasteiger partial charge >= 0.3 is 0 Å². The Bertz CT molecular complexity index is 529. The zero-order valence-corrected chi connectivity index (χ0v) is 20.5. The number of allylic oxidation sites excluding steroid dienone is 2. The molecule has 0 aromatic rings. The summed E-state index contributed by atoms with van der Waals surface area (Å²) in [5, 5.41) is 20.4. The SMILES string of the molecule is C=C(CCC)/C(O)=C(/O)C(=C)CCC1CCC(C2CCC(CCC)CC2)CC1.CC. The van der Waals surface area contributed by atoms with Crippen molar-refractivity contribution >= 4 is 0 Å². The van der Waals surface area contributed by atoms with Crippen molar-refractivity contribution in [3.63, 3.8) is 0 Å². The van der Waals surface area contributed by atoms with Gasteiger partial charge in [0, 0.05) is 0 Å². The van der Waals surface area contributed by atoms with Crippen LogP contribution in [0, 0.1) is 23.7 Å². The van der Waals surface area contributed by atoms with Crippen LogP contribution in [0.4, 0.5) is 0 Å². The van der Waals surface area contributed by atoms with E-state index in [-0.39, 0.29) is 11.5 Å². The Balaban J connectivity index is 0.00000218. The van der Waals surface area contributed by atoms with E-state index in [4.69, 9.17) is 0 Å². The highest BCUT2D eigenvalue weighted by atomic mass is 16.3. The first kappa shape index (κ1) is 26.9. The minimum Gasteiger partial charge on any atom is -0.504 e. The lowest BCUT2D eigenvalue weighted by Gasteiger charge is -2.38. The normalized spacial score (nSPS) is 27.5. The lowest BCUT2D eigenvalue weighted by molar-refractivity contribution is 0.141. The van der Waals surface area contributed by atoms with E-state index < -0.39 is 0 Å². The molecular formula is C28H50O2. The highest BCUT2D eigenvalue weighted by Gasteiger charge is 2.30.